The van der Waals surface area contributed by atoms with Crippen LogP contribution in [-0.2, 0) is 19.6 Å². The summed E-state index contributed by atoms with van der Waals surface area (Å²) in [5.41, 5.74) is 1.85. The number of amides is 2. The number of nitrogens with two attached hydrogens (primary N) is 1. The lowest BCUT2D eigenvalue weighted by Crippen LogP contribution is -2.32. The maximum Gasteiger partial charge on any atom is 0.228 e. The standard InChI is InChI=1S/C13H17N3O4S/c1-8-3-4-11(15-9(2)17)12(5-8)16-7-10(6-13(16)18)21(14,19)20/h3-5,10H,6-7H2,1-2H3,(H,15,17)(H2,14,19,20). The first kappa shape index (κ1) is 15.5. The van der Waals surface area contributed by atoms with E-state index in [2.05, 4.69) is 5.32 Å². The van der Waals surface area contributed by atoms with Crippen LogP contribution in [0.15, 0.2) is 18.2 Å². The number of primary sulfonamides is 1. The number of aryl methyl sites for hydroxylation is 1. The molecule has 1 aromatic rings. The third-order valence-corrected chi connectivity index (χ3v) is 4.55. The summed E-state index contributed by atoms with van der Waals surface area (Å²) in [6.07, 6.45) is -0.147. The van der Waals surface area contributed by atoms with Crippen molar-refractivity contribution in [2.24, 2.45) is 5.14 Å². The maximum absolute atomic E-state index is 12.1. The number of benzene rings is 1. The Morgan fingerprint density at radius 3 is 2.62 bits per heavy atom. The Labute approximate surface area is 123 Å². The molecule has 0 saturated carbocycles. The van der Waals surface area contributed by atoms with Crippen molar-refractivity contribution in [3.05, 3.63) is 23.8 Å². The van der Waals surface area contributed by atoms with Crippen LogP contribution in [-0.4, -0.2) is 32.0 Å². The quantitative estimate of drug-likeness (QED) is 0.839. The van der Waals surface area contributed by atoms with Crippen molar-refractivity contribution in [3.8, 4) is 0 Å². The Kier molecular flexibility index (Phi) is 4.02. The number of hydrogen-bond acceptors (Lipinski definition) is 4. The molecule has 1 heterocycles. The van der Waals surface area contributed by atoms with Gasteiger partial charge in [0.15, 0.2) is 0 Å². The molecule has 1 fully saturated rings. The lowest BCUT2D eigenvalue weighted by molar-refractivity contribution is -0.117. The fourth-order valence-electron chi connectivity index (χ4n) is 2.29. The van der Waals surface area contributed by atoms with E-state index in [-0.39, 0.29) is 24.8 Å². The smallest absolute Gasteiger partial charge is 0.228 e. The number of anilines is 2. The van der Waals surface area contributed by atoms with E-state index in [1.54, 1.807) is 18.2 Å². The third-order valence-electron chi connectivity index (χ3n) is 3.31. The molecular formula is C13H17N3O4S. The molecule has 0 spiro atoms. The molecule has 2 amide bonds. The molecule has 0 aromatic heterocycles. The topological polar surface area (TPSA) is 110 Å². The molecule has 1 atom stereocenters. The zero-order valence-electron chi connectivity index (χ0n) is 11.8. The molecular weight excluding hydrogens is 294 g/mol. The number of carbonyl (C=O) groups excluding carboxylic acids is 2. The minimum Gasteiger partial charge on any atom is -0.325 e. The summed E-state index contributed by atoms with van der Waals surface area (Å²) in [6.45, 7) is 3.20. The molecule has 3 N–H and O–H groups in total. The van der Waals surface area contributed by atoms with E-state index in [0.29, 0.717) is 11.4 Å². The Hall–Kier alpha value is -1.93. The molecule has 1 saturated heterocycles. The van der Waals surface area contributed by atoms with Gasteiger partial charge in [-0.25, -0.2) is 13.6 Å². The Bertz CT molecular complexity index is 699. The predicted molar refractivity (Wildman–Crippen MR) is 79.3 cm³/mol. The van der Waals surface area contributed by atoms with Crippen molar-refractivity contribution in [1.82, 2.24) is 0 Å². The fraction of sp³-hybridized carbons (Fsp3) is 0.385. The molecule has 2 rings (SSSR count). The number of nitrogens with one attached hydrogen (secondary N) is 1. The second-order valence-corrected chi connectivity index (χ2v) is 6.97. The minimum atomic E-state index is -3.77. The molecule has 0 aliphatic carbocycles. The van der Waals surface area contributed by atoms with Crippen LogP contribution in [0.2, 0.25) is 0 Å². The van der Waals surface area contributed by atoms with Crippen LogP contribution >= 0.6 is 0 Å². The van der Waals surface area contributed by atoms with Crippen LogP contribution in [0.1, 0.15) is 18.9 Å². The van der Waals surface area contributed by atoms with Crippen LogP contribution in [0.5, 0.6) is 0 Å². The second kappa shape index (κ2) is 5.45. The summed E-state index contributed by atoms with van der Waals surface area (Å²) in [7, 11) is -3.77. The number of sulfonamides is 1. The van der Waals surface area contributed by atoms with E-state index in [0.717, 1.165) is 5.56 Å². The monoisotopic (exact) mass is 311 g/mol. The average molecular weight is 311 g/mol. The van der Waals surface area contributed by atoms with E-state index < -0.39 is 15.3 Å². The van der Waals surface area contributed by atoms with Gasteiger partial charge in [0.05, 0.1) is 11.4 Å². The number of hydrogen-bond donors (Lipinski definition) is 2. The third kappa shape index (κ3) is 3.40. The maximum atomic E-state index is 12.1. The van der Waals surface area contributed by atoms with E-state index >= 15 is 0 Å². The summed E-state index contributed by atoms with van der Waals surface area (Å²) < 4.78 is 22.8. The van der Waals surface area contributed by atoms with Gasteiger partial charge in [-0.1, -0.05) is 6.07 Å². The number of carbonyl (C=O) groups is 2. The molecule has 7 nitrogen and oxygen atoms in total. The van der Waals surface area contributed by atoms with Crippen molar-refractivity contribution in [3.63, 3.8) is 0 Å². The highest BCUT2D eigenvalue weighted by Crippen LogP contribution is 2.32. The molecule has 0 radical (unpaired) electrons. The number of nitrogens with zero attached hydrogens (tertiary/aromatic N) is 1. The van der Waals surface area contributed by atoms with Crippen LogP contribution in [0, 0.1) is 6.92 Å². The van der Waals surface area contributed by atoms with Crippen molar-refractivity contribution in [1.29, 1.82) is 0 Å². The highest BCUT2D eigenvalue weighted by Gasteiger charge is 2.38. The van der Waals surface area contributed by atoms with E-state index in [4.69, 9.17) is 5.14 Å². The largest absolute Gasteiger partial charge is 0.325 e. The van der Waals surface area contributed by atoms with Gasteiger partial charge in [-0.3, -0.25) is 9.59 Å². The normalized spacial score (nSPS) is 18.9. The molecule has 114 valence electrons. The van der Waals surface area contributed by atoms with Crippen molar-refractivity contribution in [2.45, 2.75) is 25.5 Å². The molecule has 21 heavy (non-hydrogen) atoms. The van der Waals surface area contributed by atoms with Gasteiger partial charge in [0, 0.05) is 19.9 Å². The zero-order valence-corrected chi connectivity index (χ0v) is 12.6. The molecule has 1 unspecified atom stereocenters. The predicted octanol–water partition coefficient (Wildman–Crippen LogP) is 0.347. The van der Waals surface area contributed by atoms with Gasteiger partial charge in [0.25, 0.3) is 0 Å². The van der Waals surface area contributed by atoms with Crippen molar-refractivity contribution in [2.75, 3.05) is 16.8 Å². The Morgan fingerprint density at radius 1 is 1.43 bits per heavy atom. The van der Waals surface area contributed by atoms with Gasteiger partial charge in [0.1, 0.15) is 5.25 Å². The van der Waals surface area contributed by atoms with E-state index in [1.165, 1.54) is 11.8 Å². The van der Waals surface area contributed by atoms with Crippen LogP contribution in [0.25, 0.3) is 0 Å². The first-order valence-electron chi connectivity index (χ1n) is 6.38. The first-order valence-corrected chi connectivity index (χ1v) is 7.99. The van der Waals surface area contributed by atoms with Gasteiger partial charge < -0.3 is 10.2 Å². The SMILES string of the molecule is CC(=O)Nc1ccc(C)cc1N1CC(S(N)(=O)=O)CC1=O. The molecule has 1 aliphatic heterocycles. The molecule has 8 heteroatoms. The fourth-order valence-corrected chi connectivity index (χ4v) is 3.02. The molecule has 1 aromatic carbocycles. The zero-order chi connectivity index (χ0) is 15.8. The second-order valence-electron chi connectivity index (χ2n) is 5.12. The minimum absolute atomic E-state index is 0.00625. The Morgan fingerprint density at radius 2 is 2.10 bits per heavy atom. The van der Waals surface area contributed by atoms with E-state index in [9.17, 15) is 18.0 Å². The van der Waals surface area contributed by atoms with Gasteiger partial charge in [-0.15, -0.1) is 0 Å². The summed E-state index contributed by atoms with van der Waals surface area (Å²) in [4.78, 5) is 24.7. The lowest BCUT2D eigenvalue weighted by Gasteiger charge is -2.21. The van der Waals surface area contributed by atoms with Gasteiger partial charge in [-0.05, 0) is 24.6 Å². The Balaban J connectivity index is 2.39. The first-order chi connectivity index (χ1) is 9.68. The van der Waals surface area contributed by atoms with Gasteiger partial charge in [0.2, 0.25) is 21.8 Å². The van der Waals surface area contributed by atoms with Gasteiger partial charge in [-0.2, -0.15) is 0 Å². The highest BCUT2D eigenvalue weighted by molar-refractivity contribution is 7.89. The highest BCUT2D eigenvalue weighted by atomic mass is 32.2. The van der Waals surface area contributed by atoms with Gasteiger partial charge >= 0.3 is 0 Å². The average Bonchev–Trinajstić information content (AvgIpc) is 2.73. The van der Waals surface area contributed by atoms with Crippen molar-refractivity contribution >= 4 is 33.2 Å². The summed E-state index contributed by atoms with van der Waals surface area (Å²) in [5.74, 6) is -0.596. The van der Waals surface area contributed by atoms with Crippen LogP contribution < -0.4 is 15.4 Å². The number of rotatable bonds is 3. The summed E-state index contributed by atoms with van der Waals surface area (Å²) in [6, 6.07) is 5.21. The summed E-state index contributed by atoms with van der Waals surface area (Å²) >= 11 is 0. The van der Waals surface area contributed by atoms with Crippen molar-refractivity contribution < 1.29 is 18.0 Å². The van der Waals surface area contributed by atoms with Crippen LogP contribution in [0.3, 0.4) is 0 Å². The lowest BCUT2D eigenvalue weighted by atomic mass is 10.1. The van der Waals surface area contributed by atoms with E-state index in [1.807, 2.05) is 6.92 Å². The van der Waals surface area contributed by atoms with Crippen LogP contribution in [0.4, 0.5) is 11.4 Å². The summed E-state index contributed by atoms with van der Waals surface area (Å²) in [5, 5.41) is 6.83. The molecule has 0 bridgehead atoms. The molecule has 1 aliphatic rings.